The van der Waals surface area contributed by atoms with E-state index in [9.17, 15) is 9.90 Å². The molecule has 1 heterocycles. The van der Waals surface area contributed by atoms with Gasteiger partial charge in [-0.15, -0.1) is 0 Å². The topological polar surface area (TPSA) is 40.5 Å². The third-order valence-corrected chi connectivity index (χ3v) is 2.97. The van der Waals surface area contributed by atoms with Gasteiger partial charge in [-0.25, -0.2) is 0 Å². The van der Waals surface area contributed by atoms with Crippen molar-refractivity contribution in [1.29, 1.82) is 0 Å². The van der Waals surface area contributed by atoms with Crippen LogP contribution < -0.4 is 0 Å². The highest BCUT2D eigenvalue weighted by molar-refractivity contribution is 5.76. The summed E-state index contributed by atoms with van der Waals surface area (Å²) in [6, 6.07) is 0. The number of rotatable bonds is 3. The van der Waals surface area contributed by atoms with E-state index in [2.05, 4.69) is 13.8 Å². The zero-order valence-corrected chi connectivity index (χ0v) is 9.20. The van der Waals surface area contributed by atoms with E-state index in [4.69, 9.17) is 0 Å². The maximum Gasteiger partial charge on any atom is 0.222 e. The Hall–Kier alpha value is -0.570. The Balaban J connectivity index is 2.36. The first-order chi connectivity index (χ1) is 6.63. The Kier molecular flexibility index (Phi) is 4.39. The average molecular weight is 199 g/mol. The first kappa shape index (κ1) is 11.5. The Morgan fingerprint density at radius 3 is 2.93 bits per heavy atom. The van der Waals surface area contributed by atoms with Crippen LogP contribution in [0, 0.1) is 5.92 Å². The zero-order valence-electron chi connectivity index (χ0n) is 9.20. The van der Waals surface area contributed by atoms with Gasteiger partial charge in [0.1, 0.15) is 0 Å². The van der Waals surface area contributed by atoms with Crippen molar-refractivity contribution in [2.45, 2.75) is 45.6 Å². The summed E-state index contributed by atoms with van der Waals surface area (Å²) in [6.07, 6.45) is 3.15. The molecule has 0 aromatic carbocycles. The summed E-state index contributed by atoms with van der Waals surface area (Å²) in [5.74, 6) is 0.666. The lowest BCUT2D eigenvalue weighted by atomic mass is 10.0. The first-order valence-electron chi connectivity index (χ1n) is 5.59. The summed E-state index contributed by atoms with van der Waals surface area (Å²) >= 11 is 0. The molecule has 0 saturated carbocycles. The van der Waals surface area contributed by atoms with Crippen LogP contribution in [0.25, 0.3) is 0 Å². The van der Waals surface area contributed by atoms with Gasteiger partial charge >= 0.3 is 0 Å². The fourth-order valence-electron chi connectivity index (χ4n) is 1.75. The van der Waals surface area contributed by atoms with Crippen LogP contribution in [0.15, 0.2) is 0 Å². The molecule has 1 fully saturated rings. The third kappa shape index (κ3) is 3.29. The maximum absolute atomic E-state index is 11.7. The second-order valence-corrected chi connectivity index (χ2v) is 4.35. The molecule has 1 N–H and O–H groups in total. The van der Waals surface area contributed by atoms with E-state index in [1.54, 1.807) is 4.90 Å². The van der Waals surface area contributed by atoms with Gasteiger partial charge in [-0.1, -0.05) is 20.3 Å². The van der Waals surface area contributed by atoms with Crippen LogP contribution in [-0.4, -0.2) is 35.1 Å². The summed E-state index contributed by atoms with van der Waals surface area (Å²) in [5.41, 5.74) is 0. The minimum Gasteiger partial charge on any atom is -0.391 e. The van der Waals surface area contributed by atoms with Crippen molar-refractivity contribution in [1.82, 2.24) is 4.90 Å². The van der Waals surface area contributed by atoms with Crippen molar-refractivity contribution < 1.29 is 9.90 Å². The Labute approximate surface area is 86.1 Å². The van der Waals surface area contributed by atoms with Gasteiger partial charge in [0.15, 0.2) is 0 Å². The van der Waals surface area contributed by atoms with E-state index < -0.39 is 0 Å². The molecule has 0 unspecified atom stereocenters. The van der Waals surface area contributed by atoms with Crippen molar-refractivity contribution in [2.24, 2.45) is 5.92 Å². The van der Waals surface area contributed by atoms with Crippen LogP contribution in [0.2, 0.25) is 0 Å². The zero-order chi connectivity index (χ0) is 10.6. The predicted octanol–water partition coefficient (Wildman–Crippen LogP) is 1.41. The van der Waals surface area contributed by atoms with E-state index in [1.807, 2.05) is 0 Å². The van der Waals surface area contributed by atoms with Gasteiger partial charge < -0.3 is 10.0 Å². The van der Waals surface area contributed by atoms with Crippen molar-refractivity contribution in [3.8, 4) is 0 Å². The summed E-state index contributed by atoms with van der Waals surface area (Å²) < 4.78 is 0. The van der Waals surface area contributed by atoms with E-state index in [-0.39, 0.29) is 12.0 Å². The third-order valence-electron chi connectivity index (χ3n) is 2.97. The van der Waals surface area contributed by atoms with Crippen LogP contribution in [0.5, 0.6) is 0 Å². The lowest BCUT2D eigenvalue weighted by molar-refractivity contribution is -0.135. The van der Waals surface area contributed by atoms with Gasteiger partial charge in [-0.3, -0.25) is 4.79 Å². The number of carbonyl (C=O) groups excluding carboxylic acids is 1. The number of likely N-dealkylation sites (tertiary alicyclic amines) is 1. The smallest absolute Gasteiger partial charge is 0.222 e. The van der Waals surface area contributed by atoms with Crippen molar-refractivity contribution in [3.63, 3.8) is 0 Å². The highest BCUT2D eigenvalue weighted by Crippen LogP contribution is 2.14. The van der Waals surface area contributed by atoms with E-state index in [1.165, 1.54) is 0 Å². The number of amides is 1. The number of aliphatic hydroxyl groups is 1. The summed E-state index contributed by atoms with van der Waals surface area (Å²) in [6.45, 7) is 5.56. The Morgan fingerprint density at radius 2 is 2.36 bits per heavy atom. The monoisotopic (exact) mass is 199 g/mol. The molecule has 82 valence electrons. The van der Waals surface area contributed by atoms with Crippen LogP contribution in [0.3, 0.4) is 0 Å². The second kappa shape index (κ2) is 5.35. The SMILES string of the molecule is CC[C@@H](C)CC(=O)N1CCC[C@H](O)C1. The molecule has 0 aromatic rings. The summed E-state index contributed by atoms with van der Waals surface area (Å²) in [4.78, 5) is 13.5. The second-order valence-electron chi connectivity index (χ2n) is 4.35. The molecule has 14 heavy (non-hydrogen) atoms. The largest absolute Gasteiger partial charge is 0.391 e. The predicted molar refractivity (Wildman–Crippen MR) is 55.9 cm³/mol. The summed E-state index contributed by atoms with van der Waals surface area (Å²) in [5, 5.41) is 9.43. The molecule has 1 amide bonds. The average Bonchev–Trinajstić information content (AvgIpc) is 2.17. The molecule has 1 aliphatic rings. The number of nitrogens with zero attached hydrogens (tertiary/aromatic N) is 1. The van der Waals surface area contributed by atoms with Crippen molar-refractivity contribution >= 4 is 5.91 Å². The number of β-amino-alcohol motifs (C(OH)–C–C–N with tert-alkyl or cyclic N) is 1. The molecule has 1 rings (SSSR count). The maximum atomic E-state index is 11.7. The van der Waals surface area contributed by atoms with Crippen LogP contribution >= 0.6 is 0 Å². The molecule has 0 aromatic heterocycles. The van der Waals surface area contributed by atoms with Gasteiger partial charge in [0.2, 0.25) is 5.91 Å². The molecular weight excluding hydrogens is 178 g/mol. The molecule has 1 saturated heterocycles. The van der Waals surface area contributed by atoms with Crippen molar-refractivity contribution in [2.75, 3.05) is 13.1 Å². The molecule has 2 atom stereocenters. The number of aliphatic hydroxyl groups excluding tert-OH is 1. The molecule has 0 bridgehead atoms. The lowest BCUT2D eigenvalue weighted by Crippen LogP contribution is -2.42. The number of carbonyl (C=O) groups is 1. The van der Waals surface area contributed by atoms with Crippen LogP contribution in [-0.2, 0) is 4.79 Å². The minimum atomic E-state index is -0.301. The highest BCUT2D eigenvalue weighted by Gasteiger charge is 2.22. The summed E-state index contributed by atoms with van der Waals surface area (Å²) in [7, 11) is 0. The number of hydrogen-bond donors (Lipinski definition) is 1. The fraction of sp³-hybridized carbons (Fsp3) is 0.909. The van der Waals surface area contributed by atoms with E-state index in [0.29, 0.717) is 18.9 Å². The van der Waals surface area contributed by atoms with Gasteiger partial charge in [0.05, 0.1) is 6.10 Å². The first-order valence-corrected chi connectivity index (χ1v) is 5.59. The molecule has 3 heteroatoms. The highest BCUT2D eigenvalue weighted by atomic mass is 16.3. The number of hydrogen-bond acceptors (Lipinski definition) is 2. The van der Waals surface area contributed by atoms with E-state index >= 15 is 0 Å². The normalized spacial score (nSPS) is 24.8. The van der Waals surface area contributed by atoms with Gasteiger partial charge in [0, 0.05) is 19.5 Å². The fourth-order valence-corrected chi connectivity index (χ4v) is 1.75. The Morgan fingerprint density at radius 1 is 1.64 bits per heavy atom. The number of piperidine rings is 1. The van der Waals surface area contributed by atoms with Crippen LogP contribution in [0.1, 0.15) is 39.5 Å². The molecule has 0 radical (unpaired) electrons. The molecule has 1 aliphatic heterocycles. The van der Waals surface area contributed by atoms with E-state index in [0.717, 1.165) is 25.8 Å². The van der Waals surface area contributed by atoms with Gasteiger partial charge in [-0.2, -0.15) is 0 Å². The van der Waals surface area contributed by atoms with Crippen LogP contribution in [0.4, 0.5) is 0 Å². The van der Waals surface area contributed by atoms with Crippen molar-refractivity contribution in [3.05, 3.63) is 0 Å². The van der Waals surface area contributed by atoms with Gasteiger partial charge in [0.25, 0.3) is 0 Å². The van der Waals surface area contributed by atoms with Gasteiger partial charge in [-0.05, 0) is 18.8 Å². The Bertz CT molecular complexity index is 194. The standard InChI is InChI=1S/C11H21NO2/c1-3-9(2)7-11(14)12-6-4-5-10(13)8-12/h9-10,13H,3-8H2,1-2H3/t9-,10+/m1/s1. The molecule has 3 nitrogen and oxygen atoms in total. The quantitative estimate of drug-likeness (QED) is 0.746. The molecular formula is C11H21NO2. The molecule has 0 aliphatic carbocycles. The minimum absolute atomic E-state index is 0.207. The lowest BCUT2D eigenvalue weighted by Gasteiger charge is -2.30. The molecule has 0 spiro atoms.